The summed E-state index contributed by atoms with van der Waals surface area (Å²) in [5.74, 6) is -0.294. The van der Waals surface area contributed by atoms with Crippen LogP contribution in [-0.2, 0) is 24.8 Å². The van der Waals surface area contributed by atoms with Crippen molar-refractivity contribution in [3.05, 3.63) is 82.9 Å². The Kier molecular flexibility index (Phi) is 8.65. The van der Waals surface area contributed by atoms with Crippen molar-refractivity contribution in [2.45, 2.75) is 45.4 Å². The highest BCUT2D eigenvalue weighted by molar-refractivity contribution is 7.92. The number of hydrogen-bond donors (Lipinski definition) is 2. The number of amides is 1. The van der Waals surface area contributed by atoms with Crippen molar-refractivity contribution in [1.82, 2.24) is 0 Å². The molecule has 198 valence electrons. The van der Waals surface area contributed by atoms with Crippen molar-refractivity contribution >= 4 is 43.0 Å². The molecular weight excluding hydrogens is 510 g/mol. The highest BCUT2D eigenvalue weighted by Crippen LogP contribution is 2.23. The first kappa shape index (κ1) is 28.2. The van der Waals surface area contributed by atoms with E-state index in [-0.39, 0.29) is 23.8 Å². The second-order valence-electron chi connectivity index (χ2n) is 9.20. The van der Waals surface area contributed by atoms with Crippen molar-refractivity contribution in [1.29, 1.82) is 0 Å². The first-order valence-corrected chi connectivity index (χ1v) is 15.1. The largest absolute Gasteiger partial charge is 0.326 e. The Labute approximate surface area is 219 Å². The van der Waals surface area contributed by atoms with Gasteiger partial charge < -0.3 is 5.32 Å². The lowest BCUT2D eigenvalue weighted by atomic mass is 10.1. The van der Waals surface area contributed by atoms with Gasteiger partial charge >= 0.3 is 0 Å². The van der Waals surface area contributed by atoms with Crippen LogP contribution < -0.4 is 14.3 Å². The Morgan fingerprint density at radius 1 is 0.811 bits per heavy atom. The van der Waals surface area contributed by atoms with Gasteiger partial charge in [-0.05, 0) is 93.3 Å². The van der Waals surface area contributed by atoms with Crippen LogP contribution in [0, 0.1) is 27.7 Å². The molecule has 0 fully saturated rings. The lowest BCUT2D eigenvalue weighted by molar-refractivity contribution is -0.116. The highest BCUT2D eigenvalue weighted by atomic mass is 32.2. The molecule has 3 aromatic carbocycles. The molecular formula is C27H33N3O5S2. The molecule has 0 aliphatic heterocycles. The van der Waals surface area contributed by atoms with Gasteiger partial charge in [-0.25, -0.2) is 16.8 Å². The van der Waals surface area contributed by atoms with E-state index in [1.165, 1.54) is 28.6 Å². The van der Waals surface area contributed by atoms with Gasteiger partial charge in [0.15, 0.2) is 0 Å². The Hall–Kier alpha value is -3.37. The summed E-state index contributed by atoms with van der Waals surface area (Å²) >= 11 is 0. The molecule has 3 aromatic rings. The number of carbonyl (C=O) groups is 1. The fraction of sp³-hybridized carbons (Fsp3) is 0.296. The number of nitrogens with zero attached hydrogens (tertiary/aromatic N) is 1. The molecule has 0 bridgehead atoms. The highest BCUT2D eigenvalue weighted by Gasteiger charge is 2.19. The van der Waals surface area contributed by atoms with E-state index < -0.39 is 20.0 Å². The Balaban J connectivity index is 1.59. The maximum absolute atomic E-state index is 12.8. The van der Waals surface area contributed by atoms with Gasteiger partial charge in [-0.1, -0.05) is 23.8 Å². The maximum Gasteiger partial charge on any atom is 0.261 e. The van der Waals surface area contributed by atoms with Gasteiger partial charge in [-0.2, -0.15) is 0 Å². The Bertz CT molecular complexity index is 1500. The number of hydrogen-bond acceptors (Lipinski definition) is 5. The quantitative estimate of drug-likeness (QED) is 0.377. The van der Waals surface area contributed by atoms with Crippen LogP contribution in [0.4, 0.5) is 17.1 Å². The van der Waals surface area contributed by atoms with E-state index in [1.54, 1.807) is 12.1 Å². The molecule has 0 radical (unpaired) electrons. The maximum atomic E-state index is 12.8. The second kappa shape index (κ2) is 11.4. The van der Waals surface area contributed by atoms with Crippen molar-refractivity contribution in [3.63, 3.8) is 0 Å². The molecule has 0 heterocycles. The second-order valence-corrected chi connectivity index (χ2v) is 12.8. The molecule has 8 nitrogen and oxygen atoms in total. The third-order valence-corrected chi connectivity index (χ3v) is 8.59. The molecule has 10 heteroatoms. The summed E-state index contributed by atoms with van der Waals surface area (Å²) in [6, 6.07) is 16.8. The summed E-state index contributed by atoms with van der Waals surface area (Å²) in [6.45, 7) is 7.81. The minimum absolute atomic E-state index is 0.0719. The van der Waals surface area contributed by atoms with Gasteiger partial charge in [0.25, 0.3) is 10.0 Å². The summed E-state index contributed by atoms with van der Waals surface area (Å²) in [5.41, 5.74) is 5.43. The monoisotopic (exact) mass is 543 g/mol. The molecule has 0 spiro atoms. The number of carbonyl (C=O) groups excluding carboxylic acids is 1. The van der Waals surface area contributed by atoms with Gasteiger partial charge in [0.05, 0.1) is 22.5 Å². The molecule has 0 aromatic heterocycles. The standard InChI is InChI=1S/C27H33N3O5S2/c1-19-8-15-26(22(4)17-19)29-37(34,35)25-13-10-23(11-14-25)28-27(31)7-6-16-30(36(5,32)33)24-12-9-20(2)21(3)18-24/h8-15,17-18,29H,6-7,16H2,1-5H3,(H,28,31). The molecule has 1 amide bonds. The molecule has 0 atom stereocenters. The summed E-state index contributed by atoms with van der Waals surface area (Å²) in [7, 11) is -7.30. The molecule has 0 saturated carbocycles. The van der Waals surface area contributed by atoms with Crippen LogP contribution in [-0.4, -0.2) is 35.5 Å². The van der Waals surface area contributed by atoms with Crippen LogP contribution in [0.1, 0.15) is 35.1 Å². The smallest absolute Gasteiger partial charge is 0.261 e. The predicted molar refractivity (Wildman–Crippen MR) is 149 cm³/mol. The SMILES string of the molecule is Cc1ccc(NS(=O)(=O)c2ccc(NC(=O)CCCN(c3ccc(C)c(C)c3)S(C)(=O)=O)cc2)c(C)c1. The summed E-state index contributed by atoms with van der Waals surface area (Å²) < 4.78 is 54.1. The van der Waals surface area contributed by atoms with Crippen LogP contribution in [0.2, 0.25) is 0 Å². The average molecular weight is 544 g/mol. The first-order chi connectivity index (χ1) is 17.3. The van der Waals surface area contributed by atoms with Crippen LogP contribution in [0.3, 0.4) is 0 Å². The van der Waals surface area contributed by atoms with Crippen molar-refractivity contribution in [2.24, 2.45) is 0 Å². The molecule has 0 unspecified atom stereocenters. The average Bonchev–Trinajstić information content (AvgIpc) is 2.80. The third kappa shape index (κ3) is 7.56. The number of rotatable bonds is 10. The summed E-state index contributed by atoms with van der Waals surface area (Å²) in [5, 5.41) is 2.73. The van der Waals surface area contributed by atoms with Crippen molar-refractivity contribution in [2.75, 3.05) is 27.1 Å². The van der Waals surface area contributed by atoms with E-state index in [0.29, 0.717) is 23.5 Å². The molecule has 37 heavy (non-hydrogen) atoms. The van der Waals surface area contributed by atoms with Gasteiger partial charge in [0.2, 0.25) is 15.9 Å². The molecule has 3 rings (SSSR count). The lowest BCUT2D eigenvalue weighted by Crippen LogP contribution is -2.31. The zero-order valence-corrected chi connectivity index (χ0v) is 23.3. The van der Waals surface area contributed by atoms with E-state index in [1.807, 2.05) is 52.0 Å². The van der Waals surface area contributed by atoms with E-state index in [2.05, 4.69) is 10.0 Å². The van der Waals surface area contributed by atoms with Crippen LogP contribution in [0.25, 0.3) is 0 Å². The molecule has 0 aliphatic carbocycles. The fourth-order valence-electron chi connectivity index (χ4n) is 3.82. The molecule has 2 N–H and O–H groups in total. The van der Waals surface area contributed by atoms with Crippen LogP contribution in [0.15, 0.2) is 65.6 Å². The number of anilines is 3. The minimum atomic E-state index is -3.79. The van der Waals surface area contributed by atoms with E-state index in [4.69, 9.17) is 0 Å². The minimum Gasteiger partial charge on any atom is -0.326 e. The summed E-state index contributed by atoms with van der Waals surface area (Å²) in [6.07, 6.45) is 1.57. The van der Waals surface area contributed by atoms with Gasteiger partial charge in [0.1, 0.15) is 0 Å². The first-order valence-electron chi connectivity index (χ1n) is 11.8. The van der Waals surface area contributed by atoms with Crippen LogP contribution >= 0.6 is 0 Å². The number of nitrogens with one attached hydrogen (secondary N) is 2. The topological polar surface area (TPSA) is 113 Å². The van der Waals surface area contributed by atoms with Crippen LogP contribution in [0.5, 0.6) is 0 Å². The summed E-state index contributed by atoms with van der Waals surface area (Å²) in [4.78, 5) is 12.5. The zero-order chi connectivity index (χ0) is 27.4. The van der Waals surface area contributed by atoms with Gasteiger partial charge in [-0.3, -0.25) is 13.8 Å². The lowest BCUT2D eigenvalue weighted by Gasteiger charge is -2.23. The zero-order valence-electron chi connectivity index (χ0n) is 21.7. The fourth-order valence-corrected chi connectivity index (χ4v) is 5.91. The van der Waals surface area contributed by atoms with Crippen molar-refractivity contribution in [3.8, 4) is 0 Å². The number of sulfonamides is 2. The van der Waals surface area contributed by atoms with Gasteiger partial charge in [-0.15, -0.1) is 0 Å². The molecule has 0 aliphatic rings. The molecule has 0 saturated heterocycles. The Morgan fingerprint density at radius 3 is 2.08 bits per heavy atom. The Morgan fingerprint density at radius 2 is 1.49 bits per heavy atom. The predicted octanol–water partition coefficient (Wildman–Crippen LogP) is 4.91. The third-order valence-electron chi connectivity index (χ3n) is 6.02. The van der Waals surface area contributed by atoms with Gasteiger partial charge in [0, 0.05) is 18.7 Å². The number of aryl methyl sites for hydroxylation is 4. The van der Waals surface area contributed by atoms with E-state index in [9.17, 15) is 21.6 Å². The normalized spacial score (nSPS) is 11.7. The van der Waals surface area contributed by atoms with Crippen molar-refractivity contribution < 1.29 is 21.6 Å². The van der Waals surface area contributed by atoms with E-state index in [0.717, 1.165) is 28.5 Å². The van der Waals surface area contributed by atoms with E-state index >= 15 is 0 Å². The number of benzene rings is 3.